The summed E-state index contributed by atoms with van der Waals surface area (Å²) in [5, 5.41) is 2.73. The van der Waals surface area contributed by atoms with Gasteiger partial charge in [0.25, 0.3) is 0 Å². The van der Waals surface area contributed by atoms with E-state index in [1.54, 1.807) is 49.4 Å². The molecule has 0 aliphatic rings. The number of anilines is 1. The number of amides is 1. The molecule has 0 spiro atoms. The summed E-state index contributed by atoms with van der Waals surface area (Å²) in [7, 11) is 0. The van der Waals surface area contributed by atoms with Gasteiger partial charge in [0.15, 0.2) is 0 Å². The van der Waals surface area contributed by atoms with E-state index in [2.05, 4.69) is 21.2 Å². The van der Waals surface area contributed by atoms with Crippen molar-refractivity contribution in [2.24, 2.45) is 0 Å². The number of halogens is 1. The lowest BCUT2D eigenvalue weighted by Gasteiger charge is -2.09. The monoisotopic (exact) mass is 405 g/mol. The molecule has 2 rings (SSSR count). The maximum absolute atomic E-state index is 12.2. The van der Waals surface area contributed by atoms with Crippen LogP contribution in [0.1, 0.15) is 37.0 Å². The number of ether oxygens (including phenoxy) is 2. The lowest BCUT2D eigenvalue weighted by Crippen LogP contribution is -2.10. The van der Waals surface area contributed by atoms with Crippen LogP contribution in [0.3, 0.4) is 0 Å². The second kappa shape index (κ2) is 9.22. The van der Waals surface area contributed by atoms with Gasteiger partial charge < -0.3 is 14.8 Å². The van der Waals surface area contributed by atoms with E-state index in [4.69, 9.17) is 9.47 Å². The molecule has 0 aliphatic heterocycles. The molecule has 0 aliphatic carbocycles. The molecule has 0 radical (unpaired) electrons. The van der Waals surface area contributed by atoms with Crippen molar-refractivity contribution < 1.29 is 19.1 Å². The quantitative estimate of drug-likeness (QED) is 0.530. The molecule has 0 aromatic heterocycles. The highest BCUT2D eigenvalue weighted by atomic mass is 79.9. The van der Waals surface area contributed by atoms with Crippen LogP contribution < -0.4 is 14.8 Å². The first kappa shape index (κ1) is 19.0. The van der Waals surface area contributed by atoms with Gasteiger partial charge in [0, 0.05) is 12.1 Å². The van der Waals surface area contributed by atoms with E-state index in [0.717, 1.165) is 6.42 Å². The first-order valence-electron chi connectivity index (χ1n) is 8.08. The van der Waals surface area contributed by atoms with Crippen molar-refractivity contribution in [2.45, 2.75) is 26.7 Å². The SMILES string of the molecule is CCCOc1ccc(C(=O)Oc2ccc(NC(=O)CC)cc2)cc1Br. The number of rotatable bonds is 7. The molecular weight excluding hydrogens is 386 g/mol. The van der Waals surface area contributed by atoms with Crippen molar-refractivity contribution in [3.8, 4) is 11.5 Å². The third kappa shape index (κ3) is 5.60. The van der Waals surface area contributed by atoms with Crippen LogP contribution in [0, 0.1) is 0 Å². The molecule has 25 heavy (non-hydrogen) atoms. The van der Waals surface area contributed by atoms with Crippen LogP contribution in [-0.2, 0) is 4.79 Å². The smallest absolute Gasteiger partial charge is 0.343 e. The summed E-state index contributed by atoms with van der Waals surface area (Å²) < 4.78 is 11.6. The fourth-order valence-corrected chi connectivity index (χ4v) is 2.47. The van der Waals surface area contributed by atoms with Crippen LogP contribution in [0.25, 0.3) is 0 Å². The molecule has 0 saturated carbocycles. The van der Waals surface area contributed by atoms with Crippen LogP contribution in [0.4, 0.5) is 5.69 Å². The zero-order valence-electron chi connectivity index (χ0n) is 14.2. The van der Waals surface area contributed by atoms with Crippen LogP contribution >= 0.6 is 15.9 Å². The lowest BCUT2D eigenvalue weighted by atomic mass is 10.2. The van der Waals surface area contributed by atoms with Crippen molar-refractivity contribution in [1.82, 2.24) is 0 Å². The molecule has 0 heterocycles. The van der Waals surface area contributed by atoms with Gasteiger partial charge >= 0.3 is 5.97 Å². The summed E-state index contributed by atoms with van der Waals surface area (Å²) in [6.45, 7) is 4.42. The average molecular weight is 406 g/mol. The third-order valence-corrected chi connectivity index (χ3v) is 3.92. The summed E-state index contributed by atoms with van der Waals surface area (Å²) in [6.07, 6.45) is 1.31. The average Bonchev–Trinajstić information content (AvgIpc) is 2.62. The first-order chi connectivity index (χ1) is 12.0. The second-order valence-corrected chi connectivity index (χ2v) is 6.16. The van der Waals surface area contributed by atoms with Crippen molar-refractivity contribution in [3.05, 3.63) is 52.5 Å². The van der Waals surface area contributed by atoms with E-state index >= 15 is 0 Å². The van der Waals surface area contributed by atoms with Gasteiger partial charge in [-0.15, -0.1) is 0 Å². The Hall–Kier alpha value is -2.34. The van der Waals surface area contributed by atoms with Crippen molar-refractivity contribution in [3.63, 3.8) is 0 Å². The van der Waals surface area contributed by atoms with Gasteiger partial charge in [-0.3, -0.25) is 4.79 Å². The third-order valence-electron chi connectivity index (χ3n) is 3.30. The molecule has 0 unspecified atom stereocenters. The molecule has 1 amide bonds. The Morgan fingerprint density at radius 1 is 1.08 bits per heavy atom. The van der Waals surface area contributed by atoms with Crippen molar-refractivity contribution in [2.75, 3.05) is 11.9 Å². The van der Waals surface area contributed by atoms with Gasteiger partial charge in [-0.25, -0.2) is 4.79 Å². The van der Waals surface area contributed by atoms with E-state index in [0.29, 0.717) is 40.3 Å². The number of carbonyl (C=O) groups excluding carboxylic acids is 2. The second-order valence-electron chi connectivity index (χ2n) is 5.31. The topological polar surface area (TPSA) is 64.6 Å². The Kier molecular flexibility index (Phi) is 7.01. The summed E-state index contributed by atoms with van der Waals surface area (Å²) in [5.74, 6) is 0.560. The van der Waals surface area contributed by atoms with Crippen LogP contribution in [0.15, 0.2) is 46.9 Å². The normalized spacial score (nSPS) is 10.2. The molecule has 5 nitrogen and oxygen atoms in total. The van der Waals surface area contributed by atoms with E-state index in [1.807, 2.05) is 6.92 Å². The van der Waals surface area contributed by atoms with E-state index < -0.39 is 5.97 Å². The molecule has 0 fully saturated rings. The Bertz CT molecular complexity index is 744. The summed E-state index contributed by atoms with van der Waals surface area (Å²) in [4.78, 5) is 23.6. The summed E-state index contributed by atoms with van der Waals surface area (Å²) >= 11 is 3.40. The number of nitrogens with one attached hydrogen (secondary N) is 1. The maximum atomic E-state index is 12.2. The minimum absolute atomic E-state index is 0.0695. The van der Waals surface area contributed by atoms with E-state index in [1.165, 1.54) is 0 Å². The molecule has 6 heteroatoms. The maximum Gasteiger partial charge on any atom is 0.343 e. The molecule has 132 valence electrons. The number of benzene rings is 2. The summed E-state index contributed by atoms with van der Waals surface area (Å²) in [5.41, 5.74) is 1.07. The number of hydrogen-bond acceptors (Lipinski definition) is 4. The van der Waals surface area contributed by atoms with Gasteiger partial charge in [0.2, 0.25) is 5.91 Å². The number of esters is 1. The molecule has 1 N–H and O–H groups in total. The predicted octanol–water partition coefficient (Wildman–Crippen LogP) is 4.81. The van der Waals surface area contributed by atoms with E-state index in [-0.39, 0.29) is 5.91 Å². The fourth-order valence-electron chi connectivity index (χ4n) is 1.98. The molecular formula is C19H20BrNO4. The number of carbonyl (C=O) groups is 2. The number of hydrogen-bond donors (Lipinski definition) is 1. The molecule has 0 bridgehead atoms. The Morgan fingerprint density at radius 3 is 2.40 bits per heavy atom. The van der Waals surface area contributed by atoms with Crippen LogP contribution in [-0.4, -0.2) is 18.5 Å². The van der Waals surface area contributed by atoms with Gasteiger partial charge in [0.05, 0.1) is 16.6 Å². The highest BCUT2D eigenvalue weighted by molar-refractivity contribution is 9.10. The lowest BCUT2D eigenvalue weighted by molar-refractivity contribution is -0.115. The largest absolute Gasteiger partial charge is 0.492 e. The standard InChI is InChI=1S/C19H20BrNO4/c1-3-11-24-17-10-5-13(12-16(17)20)19(23)25-15-8-6-14(7-9-15)21-18(22)4-2/h5-10,12H,3-4,11H2,1-2H3,(H,21,22). The van der Waals surface area contributed by atoms with Crippen molar-refractivity contribution in [1.29, 1.82) is 0 Å². The van der Waals surface area contributed by atoms with Crippen LogP contribution in [0.2, 0.25) is 0 Å². The Morgan fingerprint density at radius 2 is 1.80 bits per heavy atom. The Balaban J connectivity index is 2.01. The zero-order valence-corrected chi connectivity index (χ0v) is 15.8. The molecule has 2 aromatic carbocycles. The van der Waals surface area contributed by atoms with Crippen molar-refractivity contribution >= 4 is 33.5 Å². The van der Waals surface area contributed by atoms with Gasteiger partial charge in [0.1, 0.15) is 11.5 Å². The minimum atomic E-state index is -0.465. The van der Waals surface area contributed by atoms with Gasteiger partial charge in [-0.05, 0) is 64.8 Å². The Labute approximate surface area is 155 Å². The fraction of sp³-hybridized carbons (Fsp3) is 0.263. The first-order valence-corrected chi connectivity index (χ1v) is 8.87. The predicted molar refractivity (Wildman–Crippen MR) is 100 cm³/mol. The van der Waals surface area contributed by atoms with Gasteiger partial charge in [-0.1, -0.05) is 13.8 Å². The minimum Gasteiger partial charge on any atom is -0.492 e. The molecule has 2 aromatic rings. The molecule has 0 saturated heterocycles. The van der Waals surface area contributed by atoms with Gasteiger partial charge in [-0.2, -0.15) is 0 Å². The summed E-state index contributed by atoms with van der Waals surface area (Å²) in [6, 6.07) is 11.7. The van der Waals surface area contributed by atoms with Crippen LogP contribution in [0.5, 0.6) is 11.5 Å². The molecule has 0 atom stereocenters. The highest BCUT2D eigenvalue weighted by Crippen LogP contribution is 2.27. The highest BCUT2D eigenvalue weighted by Gasteiger charge is 2.12. The van der Waals surface area contributed by atoms with E-state index in [9.17, 15) is 9.59 Å². The zero-order chi connectivity index (χ0) is 18.2.